The number of anilines is 1. The van der Waals surface area contributed by atoms with E-state index in [0.29, 0.717) is 25.3 Å². The molecule has 1 aromatic carbocycles. The lowest BCUT2D eigenvalue weighted by Crippen LogP contribution is -2.29. The van der Waals surface area contributed by atoms with Gasteiger partial charge < -0.3 is 14.2 Å². The molecule has 1 unspecified atom stereocenters. The third-order valence-corrected chi connectivity index (χ3v) is 5.05. The predicted molar refractivity (Wildman–Crippen MR) is 99.7 cm³/mol. The molecule has 0 saturated heterocycles. The van der Waals surface area contributed by atoms with Crippen molar-refractivity contribution in [1.82, 2.24) is 9.55 Å². The van der Waals surface area contributed by atoms with E-state index in [-0.39, 0.29) is 11.6 Å². The fourth-order valence-electron chi connectivity index (χ4n) is 3.45. The van der Waals surface area contributed by atoms with Crippen molar-refractivity contribution >= 4 is 11.3 Å². The molecule has 1 aliphatic rings. The Morgan fingerprint density at radius 1 is 1.39 bits per heavy atom. The number of ether oxygens (including phenoxy) is 1. The maximum atomic E-state index is 13.3. The Hall–Kier alpha value is -2.79. The number of imidazole rings is 1. The monoisotopic (exact) mass is 390 g/mol. The molecule has 1 atom stereocenters. The number of nitrogens with zero attached hydrogens (tertiary/aromatic N) is 4. The smallest absolute Gasteiger partial charge is 0.383 e. The first-order valence-electron chi connectivity index (χ1n) is 8.87. The van der Waals surface area contributed by atoms with Crippen LogP contribution in [0.1, 0.15) is 29.7 Å². The maximum absolute atomic E-state index is 13.3. The molecule has 3 rings (SSSR count). The summed E-state index contributed by atoms with van der Waals surface area (Å²) in [7, 11) is 3.43. The standard InChI is InChI=1S/C20H21F3N4O/c1-26(17-6-4-15(11-24)18(10-17)20(21,22)23)16-5-3-14(9-16)19-12-25-13-27(19)7-8-28-2/h3-4,6,10,12-13,16H,5,7-9H2,1-2H3. The normalized spacial score (nSPS) is 16.7. The van der Waals surface area contributed by atoms with Crippen molar-refractivity contribution in [3.63, 3.8) is 0 Å². The minimum Gasteiger partial charge on any atom is -0.383 e. The maximum Gasteiger partial charge on any atom is 0.417 e. The first-order valence-corrected chi connectivity index (χ1v) is 8.87. The van der Waals surface area contributed by atoms with Crippen LogP contribution in [0.3, 0.4) is 0 Å². The van der Waals surface area contributed by atoms with Crippen molar-refractivity contribution in [2.75, 3.05) is 25.7 Å². The molecule has 0 fully saturated rings. The highest BCUT2D eigenvalue weighted by Gasteiger charge is 2.34. The van der Waals surface area contributed by atoms with Crippen molar-refractivity contribution in [3.8, 4) is 6.07 Å². The zero-order valence-electron chi connectivity index (χ0n) is 15.7. The summed E-state index contributed by atoms with van der Waals surface area (Å²) in [6, 6.07) is 5.51. The van der Waals surface area contributed by atoms with Crippen LogP contribution in [0.2, 0.25) is 0 Å². The zero-order chi connectivity index (χ0) is 20.3. The molecule has 0 bridgehead atoms. The molecule has 8 heteroatoms. The van der Waals surface area contributed by atoms with E-state index in [2.05, 4.69) is 11.1 Å². The predicted octanol–water partition coefficient (Wildman–Crippen LogP) is 4.10. The molecule has 0 spiro atoms. The number of nitriles is 1. The fraction of sp³-hybridized carbons (Fsp3) is 0.400. The molecule has 148 valence electrons. The molecule has 1 aromatic heterocycles. The van der Waals surface area contributed by atoms with Crippen LogP contribution in [0.25, 0.3) is 5.57 Å². The molecule has 0 amide bonds. The third-order valence-electron chi connectivity index (χ3n) is 5.05. The van der Waals surface area contributed by atoms with Gasteiger partial charge in [-0.1, -0.05) is 6.08 Å². The first-order chi connectivity index (χ1) is 13.3. The molecule has 28 heavy (non-hydrogen) atoms. The Morgan fingerprint density at radius 2 is 2.18 bits per heavy atom. The number of hydrogen-bond acceptors (Lipinski definition) is 4. The lowest BCUT2D eigenvalue weighted by atomic mass is 10.0. The number of rotatable bonds is 6. The molecule has 0 aliphatic heterocycles. The van der Waals surface area contributed by atoms with Gasteiger partial charge in [0.15, 0.2) is 0 Å². The second-order valence-electron chi connectivity index (χ2n) is 6.74. The summed E-state index contributed by atoms with van der Waals surface area (Å²) in [5.41, 5.74) is 1.30. The van der Waals surface area contributed by atoms with Gasteiger partial charge in [-0.25, -0.2) is 4.98 Å². The largest absolute Gasteiger partial charge is 0.417 e. The van der Waals surface area contributed by atoms with Crippen LogP contribution in [0.5, 0.6) is 0 Å². The average molecular weight is 390 g/mol. The molecular formula is C20H21F3N4O. The number of methoxy groups -OCH3 is 1. The van der Waals surface area contributed by atoms with Gasteiger partial charge in [0.25, 0.3) is 0 Å². The summed E-state index contributed by atoms with van der Waals surface area (Å²) in [6.45, 7) is 1.26. The summed E-state index contributed by atoms with van der Waals surface area (Å²) in [6.07, 6.45) is 2.53. The van der Waals surface area contributed by atoms with Crippen LogP contribution in [-0.2, 0) is 17.5 Å². The number of alkyl halides is 3. The SMILES string of the molecule is COCCn1cncc1C1=CCC(N(C)c2ccc(C#N)c(C(F)(F)F)c2)C1. The topological polar surface area (TPSA) is 54.1 Å². The highest BCUT2D eigenvalue weighted by atomic mass is 19.4. The molecular weight excluding hydrogens is 369 g/mol. The summed E-state index contributed by atoms with van der Waals surface area (Å²) < 4.78 is 46.9. The number of benzene rings is 1. The molecule has 1 aliphatic carbocycles. The molecule has 5 nitrogen and oxygen atoms in total. The van der Waals surface area contributed by atoms with Crippen molar-refractivity contribution in [2.24, 2.45) is 0 Å². The van der Waals surface area contributed by atoms with Gasteiger partial charge in [0.05, 0.1) is 42.0 Å². The number of halogens is 3. The van der Waals surface area contributed by atoms with E-state index < -0.39 is 11.7 Å². The second-order valence-corrected chi connectivity index (χ2v) is 6.74. The van der Waals surface area contributed by atoms with E-state index in [1.807, 2.05) is 9.47 Å². The summed E-state index contributed by atoms with van der Waals surface area (Å²) in [4.78, 5) is 6.05. The second kappa shape index (κ2) is 8.07. The Balaban J connectivity index is 1.77. The Bertz CT molecular complexity index is 911. The van der Waals surface area contributed by atoms with Crippen LogP contribution >= 0.6 is 0 Å². The minimum absolute atomic E-state index is 0.0368. The van der Waals surface area contributed by atoms with Gasteiger partial charge in [-0.05, 0) is 36.6 Å². The molecule has 1 heterocycles. The van der Waals surface area contributed by atoms with Gasteiger partial charge in [0.1, 0.15) is 0 Å². The van der Waals surface area contributed by atoms with Crippen LogP contribution in [-0.4, -0.2) is 36.4 Å². The van der Waals surface area contributed by atoms with Gasteiger partial charge in [-0.3, -0.25) is 0 Å². The average Bonchev–Trinajstić information content (AvgIpc) is 3.33. The lowest BCUT2D eigenvalue weighted by molar-refractivity contribution is -0.137. The summed E-state index contributed by atoms with van der Waals surface area (Å²) >= 11 is 0. The van der Waals surface area contributed by atoms with E-state index in [4.69, 9.17) is 10.00 Å². The highest BCUT2D eigenvalue weighted by Crippen LogP contribution is 2.37. The molecule has 0 N–H and O–H groups in total. The third kappa shape index (κ3) is 4.04. The van der Waals surface area contributed by atoms with Crippen LogP contribution in [0, 0.1) is 11.3 Å². The Morgan fingerprint density at radius 3 is 2.86 bits per heavy atom. The Kier molecular flexibility index (Phi) is 5.75. The van der Waals surface area contributed by atoms with Crippen LogP contribution in [0.4, 0.5) is 18.9 Å². The van der Waals surface area contributed by atoms with Crippen molar-refractivity contribution in [1.29, 1.82) is 5.26 Å². The molecule has 0 saturated carbocycles. The van der Waals surface area contributed by atoms with Gasteiger partial charge in [0, 0.05) is 32.4 Å². The van der Waals surface area contributed by atoms with E-state index in [1.165, 1.54) is 6.07 Å². The van der Waals surface area contributed by atoms with Gasteiger partial charge >= 0.3 is 6.18 Å². The fourth-order valence-corrected chi connectivity index (χ4v) is 3.45. The van der Waals surface area contributed by atoms with Crippen LogP contribution in [0.15, 0.2) is 36.8 Å². The number of aromatic nitrogens is 2. The highest BCUT2D eigenvalue weighted by molar-refractivity contribution is 5.67. The van der Waals surface area contributed by atoms with Gasteiger partial charge in [-0.2, -0.15) is 18.4 Å². The van der Waals surface area contributed by atoms with Crippen molar-refractivity contribution in [3.05, 3.63) is 53.6 Å². The minimum atomic E-state index is -4.56. The zero-order valence-corrected chi connectivity index (χ0v) is 15.7. The van der Waals surface area contributed by atoms with Crippen molar-refractivity contribution in [2.45, 2.75) is 31.6 Å². The van der Waals surface area contributed by atoms with Gasteiger partial charge in [-0.15, -0.1) is 0 Å². The van der Waals surface area contributed by atoms with E-state index in [1.54, 1.807) is 38.8 Å². The molecule has 2 aromatic rings. The summed E-state index contributed by atoms with van der Waals surface area (Å²) in [5, 5.41) is 8.96. The van der Waals surface area contributed by atoms with Crippen LogP contribution < -0.4 is 4.90 Å². The first kappa shape index (κ1) is 20.0. The summed E-state index contributed by atoms with van der Waals surface area (Å²) in [5.74, 6) is 0. The van der Waals surface area contributed by atoms with E-state index in [9.17, 15) is 13.2 Å². The number of hydrogen-bond donors (Lipinski definition) is 0. The van der Waals surface area contributed by atoms with Crippen molar-refractivity contribution < 1.29 is 17.9 Å². The lowest BCUT2D eigenvalue weighted by Gasteiger charge is -2.28. The van der Waals surface area contributed by atoms with E-state index in [0.717, 1.165) is 23.8 Å². The van der Waals surface area contributed by atoms with Gasteiger partial charge in [0.2, 0.25) is 0 Å². The Labute approximate surface area is 161 Å². The molecule has 0 radical (unpaired) electrons. The quantitative estimate of drug-likeness (QED) is 0.745. The van der Waals surface area contributed by atoms with E-state index >= 15 is 0 Å².